The molecule has 0 unspecified atom stereocenters. The van der Waals surface area contributed by atoms with Crippen molar-refractivity contribution in [1.29, 1.82) is 0 Å². The highest BCUT2D eigenvalue weighted by atomic mass is 35.5. The summed E-state index contributed by atoms with van der Waals surface area (Å²) >= 11 is 0. The zero-order valence-electron chi connectivity index (χ0n) is 9.35. The molecule has 0 aliphatic rings. The Morgan fingerprint density at radius 1 is 1.59 bits per heavy atom. The fourth-order valence-electron chi connectivity index (χ4n) is 1.27. The van der Waals surface area contributed by atoms with Crippen molar-refractivity contribution in [2.75, 3.05) is 6.61 Å². The number of ether oxygens (including phenoxy) is 1. The molecule has 96 valence electrons. The maximum atomic E-state index is 13.0. The highest BCUT2D eigenvalue weighted by Crippen LogP contribution is 2.21. The lowest BCUT2D eigenvalue weighted by molar-refractivity contribution is -0.143. The molecule has 1 aromatic carbocycles. The van der Waals surface area contributed by atoms with Crippen LogP contribution in [0.4, 0.5) is 4.39 Å². The summed E-state index contributed by atoms with van der Waals surface area (Å²) in [4.78, 5) is 11.1. The molecule has 1 atom stereocenters. The van der Waals surface area contributed by atoms with Crippen molar-refractivity contribution in [3.8, 4) is 5.75 Å². The van der Waals surface area contributed by atoms with Gasteiger partial charge in [-0.1, -0.05) is 6.07 Å². The number of carbonyl (C=O) groups is 1. The van der Waals surface area contributed by atoms with E-state index in [1.54, 1.807) is 6.92 Å². The van der Waals surface area contributed by atoms with Gasteiger partial charge in [0.2, 0.25) is 0 Å². The lowest BCUT2D eigenvalue weighted by atomic mass is 10.0. The monoisotopic (exact) mass is 263 g/mol. The van der Waals surface area contributed by atoms with Gasteiger partial charge in [0.05, 0.1) is 13.0 Å². The highest BCUT2D eigenvalue weighted by Gasteiger charge is 2.14. The van der Waals surface area contributed by atoms with E-state index in [1.807, 2.05) is 0 Å². The number of benzene rings is 1. The summed E-state index contributed by atoms with van der Waals surface area (Å²) in [5.74, 6) is -1.62. The van der Waals surface area contributed by atoms with Crippen molar-refractivity contribution in [3.63, 3.8) is 0 Å². The molecule has 0 heterocycles. The van der Waals surface area contributed by atoms with Crippen LogP contribution in [-0.2, 0) is 9.53 Å². The number of esters is 1. The molecule has 0 aliphatic carbocycles. The molecule has 0 aliphatic heterocycles. The first-order valence-corrected chi connectivity index (χ1v) is 4.94. The SMILES string of the molecule is CCOC(=O)C[C@@H](N)c1ccc(O)c(F)c1.Cl. The van der Waals surface area contributed by atoms with Crippen LogP contribution in [0.2, 0.25) is 0 Å². The van der Waals surface area contributed by atoms with Gasteiger partial charge >= 0.3 is 5.97 Å². The lowest BCUT2D eigenvalue weighted by Crippen LogP contribution is -2.17. The minimum atomic E-state index is -0.753. The fraction of sp³-hybridized carbons (Fsp3) is 0.364. The average molecular weight is 264 g/mol. The molecule has 4 nitrogen and oxygen atoms in total. The number of halogens is 2. The highest BCUT2D eigenvalue weighted by molar-refractivity contribution is 5.85. The van der Waals surface area contributed by atoms with Crippen LogP contribution in [0.1, 0.15) is 24.9 Å². The van der Waals surface area contributed by atoms with E-state index in [4.69, 9.17) is 15.6 Å². The van der Waals surface area contributed by atoms with Crippen LogP contribution in [0.15, 0.2) is 18.2 Å². The van der Waals surface area contributed by atoms with Gasteiger partial charge in [-0.2, -0.15) is 0 Å². The van der Waals surface area contributed by atoms with Crippen LogP contribution in [0, 0.1) is 5.82 Å². The standard InChI is InChI=1S/C11H14FNO3.ClH/c1-2-16-11(15)6-9(13)7-3-4-10(14)8(12)5-7;/h3-5,9,14H,2,6,13H2,1H3;1H/t9-;/m1./s1. The molecule has 0 aromatic heterocycles. The van der Waals surface area contributed by atoms with E-state index in [1.165, 1.54) is 12.1 Å². The Morgan fingerprint density at radius 3 is 2.76 bits per heavy atom. The van der Waals surface area contributed by atoms with Gasteiger partial charge < -0.3 is 15.6 Å². The van der Waals surface area contributed by atoms with Gasteiger partial charge in [-0.3, -0.25) is 4.79 Å². The number of nitrogens with two attached hydrogens (primary N) is 1. The van der Waals surface area contributed by atoms with E-state index in [0.717, 1.165) is 6.07 Å². The number of aromatic hydroxyl groups is 1. The van der Waals surface area contributed by atoms with Crippen molar-refractivity contribution < 1.29 is 19.0 Å². The Hall–Kier alpha value is -1.33. The van der Waals surface area contributed by atoms with Crippen LogP contribution in [0.3, 0.4) is 0 Å². The maximum absolute atomic E-state index is 13.0. The lowest BCUT2D eigenvalue weighted by Gasteiger charge is -2.11. The molecule has 0 bridgehead atoms. The minimum Gasteiger partial charge on any atom is -0.505 e. The van der Waals surface area contributed by atoms with Gasteiger partial charge in [-0.25, -0.2) is 4.39 Å². The van der Waals surface area contributed by atoms with E-state index in [9.17, 15) is 9.18 Å². The number of rotatable bonds is 4. The summed E-state index contributed by atoms with van der Waals surface area (Å²) in [6.45, 7) is 1.99. The summed E-state index contributed by atoms with van der Waals surface area (Å²) in [6.07, 6.45) is -0.0158. The van der Waals surface area contributed by atoms with E-state index < -0.39 is 23.6 Å². The molecular weight excluding hydrogens is 249 g/mol. The molecule has 1 rings (SSSR count). The van der Waals surface area contributed by atoms with Gasteiger partial charge in [0.15, 0.2) is 11.6 Å². The predicted molar refractivity (Wildman–Crippen MR) is 63.5 cm³/mol. The molecule has 0 radical (unpaired) electrons. The zero-order valence-corrected chi connectivity index (χ0v) is 10.2. The van der Waals surface area contributed by atoms with Gasteiger partial charge in [0, 0.05) is 6.04 Å². The number of hydrogen-bond donors (Lipinski definition) is 2. The van der Waals surface area contributed by atoms with Crippen LogP contribution >= 0.6 is 12.4 Å². The third-order valence-electron chi connectivity index (χ3n) is 2.09. The van der Waals surface area contributed by atoms with Crippen molar-refractivity contribution in [2.45, 2.75) is 19.4 Å². The normalized spacial score (nSPS) is 11.5. The summed E-state index contributed by atoms with van der Waals surface area (Å²) in [6, 6.07) is 3.16. The Balaban J connectivity index is 0.00000256. The Bertz CT molecular complexity index is 387. The van der Waals surface area contributed by atoms with Crippen molar-refractivity contribution in [2.24, 2.45) is 5.73 Å². The summed E-state index contributed by atoms with van der Waals surface area (Å²) in [5.41, 5.74) is 6.14. The third-order valence-corrected chi connectivity index (χ3v) is 2.09. The minimum absolute atomic E-state index is 0. The second kappa shape index (κ2) is 7.09. The fourth-order valence-corrected chi connectivity index (χ4v) is 1.27. The van der Waals surface area contributed by atoms with Crippen molar-refractivity contribution >= 4 is 18.4 Å². The van der Waals surface area contributed by atoms with Crippen LogP contribution in [0.25, 0.3) is 0 Å². The molecular formula is C11H15ClFNO3. The van der Waals surface area contributed by atoms with E-state index >= 15 is 0 Å². The third kappa shape index (κ3) is 4.58. The Labute approximate surface area is 105 Å². The summed E-state index contributed by atoms with van der Waals surface area (Å²) in [5, 5.41) is 8.98. The molecule has 3 N–H and O–H groups in total. The number of phenolic OH excluding ortho intramolecular Hbond substituents is 1. The first kappa shape index (κ1) is 15.7. The molecule has 0 amide bonds. The first-order chi connectivity index (χ1) is 7.54. The molecule has 0 fully saturated rings. The molecule has 0 spiro atoms. The van der Waals surface area contributed by atoms with E-state index in [2.05, 4.69) is 0 Å². The second-order valence-corrected chi connectivity index (χ2v) is 3.33. The molecule has 0 saturated carbocycles. The van der Waals surface area contributed by atoms with Crippen LogP contribution in [0.5, 0.6) is 5.75 Å². The molecule has 1 aromatic rings. The number of carbonyl (C=O) groups excluding carboxylic acids is 1. The van der Waals surface area contributed by atoms with Gasteiger partial charge in [-0.05, 0) is 24.6 Å². The van der Waals surface area contributed by atoms with Crippen molar-refractivity contribution in [1.82, 2.24) is 0 Å². The van der Waals surface area contributed by atoms with Gasteiger partial charge in [0.25, 0.3) is 0 Å². The van der Waals surface area contributed by atoms with Gasteiger partial charge in [-0.15, -0.1) is 12.4 Å². The maximum Gasteiger partial charge on any atom is 0.307 e. The zero-order chi connectivity index (χ0) is 12.1. The van der Waals surface area contributed by atoms with E-state index in [-0.39, 0.29) is 25.4 Å². The molecule has 6 heteroatoms. The topological polar surface area (TPSA) is 72.5 Å². The molecule has 0 saturated heterocycles. The smallest absolute Gasteiger partial charge is 0.307 e. The van der Waals surface area contributed by atoms with Gasteiger partial charge in [0.1, 0.15) is 0 Å². The largest absolute Gasteiger partial charge is 0.505 e. The average Bonchev–Trinajstić information content (AvgIpc) is 2.22. The predicted octanol–water partition coefficient (Wildman–Crippen LogP) is 1.91. The van der Waals surface area contributed by atoms with Crippen molar-refractivity contribution in [3.05, 3.63) is 29.6 Å². The Morgan fingerprint density at radius 2 is 2.24 bits per heavy atom. The number of hydrogen-bond acceptors (Lipinski definition) is 4. The van der Waals surface area contributed by atoms with Crippen LogP contribution in [-0.4, -0.2) is 17.7 Å². The van der Waals surface area contributed by atoms with E-state index in [0.29, 0.717) is 5.56 Å². The Kier molecular flexibility index (Phi) is 6.53. The molecule has 17 heavy (non-hydrogen) atoms. The second-order valence-electron chi connectivity index (χ2n) is 3.33. The van der Waals surface area contributed by atoms with Crippen LogP contribution < -0.4 is 5.73 Å². The summed E-state index contributed by atoms with van der Waals surface area (Å²) < 4.78 is 17.7. The first-order valence-electron chi connectivity index (χ1n) is 4.94. The number of phenols is 1. The quantitative estimate of drug-likeness (QED) is 0.814. The summed E-state index contributed by atoms with van der Waals surface area (Å²) in [7, 11) is 0.